The summed E-state index contributed by atoms with van der Waals surface area (Å²) in [6.07, 6.45) is 28.1. The van der Waals surface area contributed by atoms with Crippen molar-refractivity contribution < 1.29 is 4.70 Å². The maximum absolute atomic E-state index is 11.8. The Bertz CT molecular complexity index is 1310. The molecule has 0 bridgehead atoms. The zero-order chi connectivity index (χ0) is 32.8. The van der Waals surface area contributed by atoms with Crippen LogP contribution < -0.4 is 0 Å². The van der Waals surface area contributed by atoms with E-state index in [1.54, 1.807) is 0 Å². The molecule has 2 aromatic rings. The first-order chi connectivity index (χ1) is 22.6. The van der Waals surface area contributed by atoms with Crippen molar-refractivity contribution in [2.75, 3.05) is 0 Å². The molecule has 0 N–H and O–H groups in total. The van der Waals surface area contributed by atoms with E-state index in [4.69, 9.17) is 0 Å². The fraction of sp³-hybridized carbons (Fsp3) is 0.591. The van der Waals surface area contributed by atoms with E-state index in [0.29, 0.717) is 0 Å². The van der Waals surface area contributed by atoms with Crippen LogP contribution in [0.1, 0.15) is 178 Å². The van der Waals surface area contributed by atoms with E-state index >= 15 is 0 Å². The van der Waals surface area contributed by atoms with Gasteiger partial charge < -0.3 is 5.53 Å². The van der Waals surface area contributed by atoms with Crippen LogP contribution in [0.5, 0.6) is 0 Å². The topological polar surface area (TPSA) is 25.3 Å². The summed E-state index contributed by atoms with van der Waals surface area (Å²) in [6.45, 7) is 8.90. The molecular weight excluding hydrogens is 556 g/mol. The summed E-state index contributed by atoms with van der Waals surface area (Å²) in [5.41, 5.74) is 20.5. The van der Waals surface area contributed by atoms with Crippen molar-refractivity contribution in [2.24, 2.45) is 0 Å². The maximum atomic E-state index is 11.8. The minimum atomic E-state index is 0.845. The minimum absolute atomic E-state index is 0.845. The van der Waals surface area contributed by atoms with Crippen LogP contribution in [-0.4, -0.2) is 4.70 Å². The van der Waals surface area contributed by atoms with E-state index in [2.05, 4.69) is 88.1 Å². The van der Waals surface area contributed by atoms with E-state index < -0.39 is 0 Å². The smallest absolute Gasteiger partial charge is 0.223 e. The second-order valence-corrected chi connectivity index (χ2v) is 13.4. The zero-order valence-electron chi connectivity index (χ0n) is 30.1. The second kappa shape index (κ2) is 22.6. The van der Waals surface area contributed by atoms with Gasteiger partial charge in [0.25, 0.3) is 0 Å². The molecule has 0 atom stereocenters. The van der Waals surface area contributed by atoms with Crippen LogP contribution >= 0.6 is 0 Å². The Hall–Kier alpha value is -2.92. The van der Waals surface area contributed by atoms with Gasteiger partial charge in [0.05, 0.1) is 0 Å². The molecule has 0 spiro atoms. The van der Waals surface area contributed by atoms with Gasteiger partial charge in [-0.15, -0.1) is 0 Å². The number of nitrogens with zero attached hydrogens (tertiary/aromatic N) is 2. The summed E-state index contributed by atoms with van der Waals surface area (Å²) in [5.74, 6) is 7.15. The summed E-state index contributed by atoms with van der Waals surface area (Å²) in [5, 5.41) is 0. The zero-order valence-corrected chi connectivity index (χ0v) is 30.1. The maximum Gasteiger partial charge on any atom is 0.223 e. The van der Waals surface area contributed by atoms with Crippen LogP contribution in [0.3, 0.4) is 0 Å². The van der Waals surface area contributed by atoms with Crippen molar-refractivity contribution in [3.05, 3.63) is 87.5 Å². The highest BCUT2D eigenvalue weighted by Gasteiger charge is 2.35. The molecule has 1 aliphatic heterocycles. The van der Waals surface area contributed by atoms with E-state index in [1.165, 1.54) is 118 Å². The third kappa shape index (κ3) is 12.4. The third-order valence-corrected chi connectivity index (χ3v) is 9.61. The Kier molecular flexibility index (Phi) is 18.4. The van der Waals surface area contributed by atoms with Crippen LogP contribution in [0.15, 0.2) is 59.7 Å². The molecule has 1 heterocycles. The Balaban J connectivity index is 1.56. The van der Waals surface area contributed by atoms with Crippen LogP contribution in [0.25, 0.3) is 16.9 Å². The molecule has 2 aromatic carbocycles. The predicted octanol–water partition coefficient (Wildman–Crippen LogP) is 13.8. The van der Waals surface area contributed by atoms with Gasteiger partial charge in [0.2, 0.25) is 11.4 Å². The molecule has 0 fully saturated rings. The van der Waals surface area contributed by atoms with Gasteiger partial charge in [-0.25, -0.2) is 4.70 Å². The van der Waals surface area contributed by atoms with Gasteiger partial charge in [-0.1, -0.05) is 167 Å². The highest BCUT2D eigenvalue weighted by molar-refractivity contribution is 5.85. The molecule has 2 heteroatoms. The number of hydrogen-bond acceptors (Lipinski definition) is 0. The van der Waals surface area contributed by atoms with Crippen LogP contribution in [0, 0.1) is 11.8 Å². The Morgan fingerprint density at radius 2 is 1.00 bits per heavy atom. The van der Waals surface area contributed by atoms with Crippen LogP contribution in [0.4, 0.5) is 0 Å². The largest absolute Gasteiger partial charge is 0.493 e. The van der Waals surface area contributed by atoms with Crippen molar-refractivity contribution >= 4 is 11.4 Å². The third-order valence-electron chi connectivity index (χ3n) is 9.61. The fourth-order valence-electron chi connectivity index (χ4n) is 6.69. The molecule has 0 saturated carbocycles. The van der Waals surface area contributed by atoms with Gasteiger partial charge in [-0.05, 0) is 67.5 Å². The summed E-state index contributed by atoms with van der Waals surface area (Å²) in [7, 11) is 0. The molecule has 0 radical (unpaired) electrons. The summed E-state index contributed by atoms with van der Waals surface area (Å²) in [6, 6.07) is 17.3. The highest BCUT2D eigenvalue weighted by Crippen LogP contribution is 2.42. The molecule has 0 amide bonds. The Morgan fingerprint density at radius 1 is 0.543 bits per heavy atom. The number of aryl methyl sites for hydroxylation is 2. The lowest BCUT2D eigenvalue weighted by molar-refractivity contribution is -0.345. The molecule has 250 valence electrons. The molecule has 0 aliphatic carbocycles. The summed E-state index contributed by atoms with van der Waals surface area (Å²) in [4.78, 5) is 0. The van der Waals surface area contributed by atoms with Gasteiger partial charge in [-0.3, -0.25) is 0 Å². The minimum Gasteiger partial charge on any atom is -0.493 e. The standard InChI is InChI=1S/C44H64N2/c1-5-9-11-12-13-14-15-16-17-18-19-20-21-22-23-24-25-26-34-42-41(33-10-6-2)43(39-31-27-29-37(7-3)35-39)46(45)44(42)40-32-28-30-38(8-4)36-40/h27-32,35-36H,5-25,33H2,1-4H3. The van der Waals surface area contributed by atoms with Crippen LogP contribution in [0.2, 0.25) is 0 Å². The van der Waals surface area contributed by atoms with Crippen molar-refractivity contribution in [3.63, 3.8) is 0 Å². The lowest BCUT2D eigenvalue weighted by Crippen LogP contribution is -2.03. The SMILES string of the molecule is CCCCCCCCCCCCCCCCCCC#CC1=C(c2cccc(CC)c2)[N+](=[N-])C(c2cccc(CC)c2)=C1CCCC. The number of allylic oxidation sites excluding steroid dienone is 2. The molecule has 0 aromatic heterocycles. The van der Waals surface area contributed by atoms with Crippen molar-refractivity contribution in [2.45, 2.75) is 169 Å². The van der Waals surface area contributed by atoms with E-state index in [1.807, 2.05) is 0 Å². The van der Waals surface area contributed by atoms with Gasteiger partial charge in [0.15, 0.2) is 0 Å². The van der Waals surface area contributed by atoms with E-state index in [0.717, 1.165) is 73.0 Å². The van der Waals surface area contributed by atoms with Crippen molar-refractivity contribution in [1.82, 2.24) is 0 Å². The van der Waals surface area contributed by atoms with Crippen molar-refractivity contribution in [3.8, 4) is 11.8 Å². The summed E-state index contributed by atoms with van der Waals surface area (Å²) < 4.78 is 1.45. The first-order valence-electron chi connectivity index (χ1n) is 19.3. The van der Waals surface area contributed by atoms with E-state index in [9.17, 15) is 5.53 Å². The average molecular weight is 621 g/mol. The second-order valence-electron chi connectivity index (χ2n) is 13.4. The van der Waals surface area contributed by atoms with Crippen LogP contribution in [-0.2, 0) is 12.8 Å². The molecule has 3 rings (SSSR count). The van der Waals surface area contributed by atoms with Gasteiger partial charge >= 0.3 is 0 Å². The van der Waals surface area contributed by atoms with Crippen molar-refractivity contribution in [1.29, 1.82) is 0 Å². The number of unbranched alkanes of at least 4 members (excludes halogenated alkanes) is 17. The molecule has 0 saturated heterocycles. The Labute approximate surface area is 283 Å². The average Bonchev–Trinajstić information content (AvgIpc) is 3.36. The van der Waals surface area contributed by atoms with E-state index in [-0.39, 0.29) is 0 Å². The fourth-order valence-corrected chi connectivity index (χ4v) is 6.69. The highest BCUT2D eigenvalue weighted by atomic mass is 15.2. The molecule has 0 unspecified atom stereocenters. The number of benzene rings is 2. The lowest BCUT2D eigenvalue weighted by atomic mass is 9.94. The monoisotopic (exact) mass is 621 g/mol. The number of hydrogen-bond donors (Lipinski definition) is 0. The predicted molar refractivity (Wildman–Crippen MR) is 201 cm³/mol. The number of rotatable bonds is 23. The first kappa shape index (κ1) is 37.5. The quantitative estimate of drug-likeness (QED) is 0.0671. The van der Waals surface area contributed by atoms with Gasteiger partial charge in [0, 0.05) is 23.1 Å². The Morgan fingerprint density at radius 3 is 1.48 bits per heavy atom. The van der Waals surface area contributed by atoms with Gasteiger partial charge in [-0.2, -0.15) is 0 Å². The normalized spacial score (nSPS) is 13.1. The molecular formula is C44H64N2. The molecule has 2 nitrogen and oxygen atoms in total. The first-order valence-corrected chi connectivity index (χ1v) is 19.3. The molecule has 1 aliphatic rings. The summed E-state index contributed by atoms with van der Waals surface area (Å²) >= 11 is 0. The molecule has 46 heavy (non-hydrogen) atoms. The van der Waals surface area contributed by atoms with Gasteiger partial charge in [0.1, 0.15) is 5.57 Å². The lowest BCUT2D eigenvalue weighted by Gasteiger charge is -2.10.